The fraction of sp³-hybridized carbons (Fsp3) is 0.455. The average molecular weight is 297 g/mol. The van der Waals surface area contributed by atoms with Crippen molar-refractivity contribution in [2.24, 2.45) is 0 Å². The molecular formula is C11H15Cl2O3P. The predicted molar refractivity (Wildman–Crippen MR) is 70.7 cm³/mol. The van der Waals surface area contributed by atoms with Crippen molar-refractivity contribution in [2.75, 3.05) is 0 Å². The Morgan fingerprint density at radius 1 is 1.41 bits per heavy atom. The van der Waals surface area contributed by atoms with Crippen LogP contribution in [0.25, 0.3) is 0 Å². The van der Waals surface area contributed by atoms with E-state index in [1.165, 1.54) is 0 Å². The van der Waals surface area contributed by atoms with Crippen LogP contribution in [0.5, 0.6) is 0 Å². The summed E-state index contributed by atoms with van der Waals surface area (Å²) in [6, 6.07) is 6.47. The maximum absolute atomic E-state index is 11.9. The van der Waals surface area contributed by atoms with Gasteiger partial charge in [-0.15, -0.1) is 11.6 Å². The van der Waals surface area contributed by atoms with Crippen molar-refractivity contribution in [3.05, 3.63) is 34.9 Å². The lowest BCUT2D eigenvalue weighted by molar-refractivity contribution is 0.184. The first-order valence-corrected chi connectivity index (χ1v) is 7.73. The number of rotatable bonds is 5. The third-order valence-electron chi connectivity index (χ3n) is 2.34. The van der Waals surface area contributed by atoms with E-state index in [2.05, 4.69) is 0 Å². The van der Waals surface area contributed by atoms with Crippen molar-refractivity contribution in [2.45, 2.75) is 31.5 Å². The molecule has 3 atom stereocenters. The van der Waals surface area contributed by atoms with Crippen LogP contribution in [-0.2, 0) is 9.09 Å². The molecule has 0 aliphatic carbocycles. The molecule has 3 unspecified atom stereocenters. The minimum absolute atomic E-state index is 0.306. The molecule has 0 aliphatic rings. The van der Waals surface area contributed by atoms with Gasteiger partial charge < -0.3 is 9.42 Å². The van der Waals surface area contributed by atoms with Crippen molar-refractivity contribution in [3.63, 3.8) is 0 Å². The van der Waals surface area contributed by atoms with Crippen molar-refractivity contribution in [1.82, 2.24) is 0 Å². The Morgan fingerprint density at radius 3 is 2.41 bits per heavy atom. The van der Waals surface area contributed by atoms with E-state index in [0.717, 1.165) is 0 Å². The zero-order valence-corrected chi connectivity index (χ0v) is 12.0. The molecule has 1 N–H and O–H groups in total. The van der Waals surface area contributed by atoms with Crippen LogP contribution in [0.3, 0.4) is 0 Å². The quantitative estimate of drug-likeness (QED) is 0.639. The maximum Gasteiger partial charge on any atom is 0.350 e. The summed E-state index contributed by atoms with van der Waals surface area (Å²) in [5, 5.41) is -0.526. The topological polar surface area (TPSA) is 46.5 Å². The first-order chi connectivity index (χ1) is 7.86. The molecule has 17 heavy (non-hydrogen) atoms. The highest BCUT2D eigenvalue weighted by Crippen LogP contribution is 2.59. The van der Waals surface area contributed by atoms with Gasteiger partial charge in [0.25, 0.3) is 0 Å². The lowest BCUT2D eigenvalue weighted by atomic mass is 10.2. The standard InChI is InChI=1S/C11H15Cl2O3P/c1-3-8(2)16-17(14,15)11(13)9-4-6-10(12)7-5-9/h4-8,11H,3H2,1-2H3,(H,14,15). The zero-order chi connectivity index (χ0) is 13.1. The van der Waals surface area contributed by atoms with Gasteiger partial charge in [-0.05, 0) is 31.0 Å². The third kappa shape index (κ3) is 4.27. The largest absolute Gasteiger partial charge is 0.350 e. The second-order valence-corrected chi connectivity index (χ2v) is 6.81. The van der Waals surface area contributed by atoms with Gasteiger partial charge in [-0.2, -0.15) is 0 Å². The summed E-state index contributed by atoms with van der Waals surface area (Å²) in [7, 11) is -3.87. The molecule has 0 aliphatic heterocycles. The van der Waals surface area contributed by atoms with E-state index in [1.54, 1.807) is 31.2 Å². The Bertz CT molecular complexity index is 408. The highest BCUT2D eigenvalue weighted by Gasteiger charge is 2.33. The van der Waals surface area contributed by atoms with Crippen LogP contribution >= 0.6 is 30.8 Å². The monoisotopic (exact) mass is 296 g/mol. The molecule has 3 nitrogen and oxygen atoms in total. The van der Waals surface area contributed by atoms with E-state index in [0.29, 0.717) is 17.0 Å². The van der Waals surface area contributed by atoms with E-state index in [1.807, 2.05) is 6.92 Å². The first kappa shape index (κ1) is 15.0. The van der Waals surface area contributed by atoms with Crippen molar-refractivity contribution in [3.8, 4) is 0 Å². The third-order valence-corrected chi connectivity index (χ3v) is 5.11. The molecule has 0 aromatic heterocycles. The van der Waals surface area contributed by atoms with E-state index in [9.17, 15) is 9.46 Å². The normalized spacial score (nSPS) is 18.4. The zero-order valence-electron chi connectivity index (χ0n) is 9.64. The molecule has 0 heterocycles. The molecule has 0 saturated carbocycles. The van der Waals surface area contributed by atoms with E-state index in [-0.39, 0.29) is 6.10 Å². The fourth-order valence-corrected chi connectivity index (χ4v) is 2.93. The Labute approximate surface area is 111 Å². The lowest BCUT2D eigenvalue weighted by Crippen LogP contribution is -2.07. The van der Waals surface area contributed by atoms with Crippen molar-refractivity contribution >= 4 is 30.8 Å². The molecule has 0 radical (unpaired) electrons. The van der Waals surface area contributed by atoms with Crippen LogP contribution < -0.4 is 0 Å². The van der Waals surface area contributed by atoms with Gasteiger partial charge in [-0.1, -0.05) is 30.7 Å². The molecular weight excluding hydrogens is 282 g/mol. The number of hydrogen-bond acceptors (Lipinski definition) is 2. The molecule has 0 saturated heterocycles. The molecule has 0 fully saturated rings. The number of benzene rings is 1. The van der Waals surface area contributed by atoms with Gasteiger partial charge in [-0.3, -0.25) is 4.57 Å². The van der Waals surface area contributed by atoms with Crippen LogP contribution in [0.2, 0.25) is 5.02 Å². The number of halogens is 2. The van der Waals surface area contributed by atoms with Crippen LogP contribution in [0.15, 0.2) is 24.3 Å². The molecule has 0 amide bonds. The second kappa shape index (κ2) is 6.21. The minimum Gasteiger partial charge on any atom is -0.323 e. The van der Waals surface area contributed by atoms with Gasteiger partial charge in [0.2, 0.25) is 0 Å². The summed E-state index contributed by atoms with van der Waals surface area (Å²) in [5.41, 5.74) is 0.519. The molecule has 0 spiro atoms. The van der Waals surface area contributed by atoms with Gasteiger partial charge in [0, 0.05) is 5.02 Å². The predicted octanol–water partition coefficient (Wildman–Crippen LogP) is 4.58. The van der Waals surface area contributed by atoms with Gasteiger partial charge in [-0.25, -0.2) is 0 Å². The Hall–Kier alpha value is -0.0500. The summed E-state index contributed by atoms with van der Waals surface area (Å²) in [4.78, 5) is 9.78. The molecule has 1 rings (SSSR count). The number of alkyl halides is 1. The summed E-state index contributed by atoms with van der Waals surface area (Å²) in [6.07, 6.45) is 0.341. The highest BCUT2D eigenvalue weighted by atomic mass is 35.5. The molecule has 96 valence electrons. The van der Waals surface area contributed by atoms with E-state index in [4.69, 9.17) is 27.7 Å². The van der Waals surface area contributed by atoms with E-state index >= 15 is 0 Å². The SMILES string of the molecule is CCC(C)OP(=O)(O)C(Cl)c1ccc(Cl)cc1. The lowest BCUT2D eigenvalue weighted by Gasteiger charge is -2.21. The summed E-state index contributed by atoms with van der Waals surface area (Å²) in [5.74, 6) is 0. The highest BCUT2D eigenvalue weighted by molar-refractivity contribution is 7.55. The second-order valence-electron chi connectivity index (χ2n) is 3.78. The van der Waals surface area contributed by atoms with Gasteiger partial charge in [0.15, 0.2) is 5.12 Å². The maximum atomic E-state index is 11.9. The van der Waals surface area contributed by atoms with Crippen LogP contribution in [0.1, 0.15) is 30.9 Å². The summed E-state index contributed by atoms with van der Waals surface area (Å²) in [6.45, 7) is 3.60. The molecule has 1 aromatic rings. The molecule has 6 heteroatoms. The minimum atomic E-state index is -3.87. The smallest absolute Gasteiger partial charge is 0.323 e. The van der Waals surface area contributed by atoms with E-state index < -0.39 is 12.7 Å². The van der Waals surface area contributed by atoms with Crippen LogP contribution in [0.4, 0.5) is 0 Å². The number of hydrogen-bond donors (Lipinski definition) is 1. The van der Waals surface area contributed by atoms with Crippen molar-refractivity contribution in [1.29, 1.82) is 0 Å². The Morgan fingerprint density at radius 2 is 1.94 bits per heavy atom. The molecule has 0 bridgehead atoms. The fourth-order valence-electron chi connectivity index (χ4n) is 1.20. The Balaban J connectivity index is 2.84. The van der Waals surface area contributed by atoms with Crippen molar-refractivity contribution < 1.29 is 14.0 Å². The average Bonchev–Trinajstić information content (AvgIpc) is 2.28. The first-order valence-electron chi connectivity index (χ1n) is 5.27. The summed E-state index contributed by atoms with van der Waals surface area (Å²) < 4.78 is 17.0. The van der Waals surface area contributed by atoms with Gasteiger partial charge in [0.1, 0.15) is 0 Å². The molecule has 1 aromatic carbocycles. The van der Waals surface area contributed by atoms with Crippen LogP contribution in [0, 0.1) is 0 Å². The summed E-state index contributed by atoms with van der Waals surface area (Å²) >= 11 is 11.7. The van der Waals surface area contributed by atoms with Gasteiger partial charge >= 0.3 is 7.60 Å². The van der Waals surface area contributed by atoms with Gasteiger partial charge in [0.05, 0.1) is 6.10 Å². The Kier molecular flexibility index (Phi) is 5.49. The van der Waals surface area contributed by atoms with Crippen LogP contribution in [-0.4, -0.2) is 11.0 Å².